The first-order valence-corrected chi connectivity index (χ1v) is 7.63. The Balaban J connectivity index is 1.77. The molecule has 0 radical (unpaired) electrons. The van der Waals surface area contributed by atoms with Crippen molar-refractivity contribution in [1.29, 1.82) is 0 Å². The summed E-state index contributed by atoms with van der Waals surface area (Å²) in [7, 11) is 0. The molecule has 0 saturated carbocycles. The van der Waals surface area contributed by atoms with Gasteiger partial charge < -0.3 is 10.2 Å². The molecular weight excluding hydrogens is 298 g/mol. The second-order valence-corrected chi connectivity index (χ2v) is 5.67. The molecule has 1 heterocycles. The van der Waals surface area contributed by atoms with Crippen molar-refractivity contribution in [3.8, 4) is 0 Å². The Kier molecular flexibility index (Phi) is 4.67. The molecule has 1 unspecified atom stereocenters. The predicted octanol–water partition coefficient (Wildman–Crippen LogP) is 2.68. The number of carbonyl (C=O) groups is 1. The van der Waals surface area contributed by atoms with Gasteiger partial charge in [0.25, 0.3) is 0 Å². The van der Waals surface area contributed by atoms with Crippen LogP contribution in [0.4, 0.5) is 8.78 Å². The van der Waals surface area contributed by atoms with Crippen molar-refractivity contribution < 1.29 is 13.6 Å². The van der Waals surface area contributed by atoms with Gasteiger partial charge in [-0.1, -0.05) is 24.3 Å². The lowest BCUT2D eigenvalue weighted by atomic mass is 10.0. The maximum absolute atomic E-state index is 13.5. The average Bonchev–Trinajstić information content (AvgIpc) is 2.57. The summed E-state index contributed by atoms with van der Waals surface area (Å²) in [5.41, 5.74) is 1.55. The van der Waals surface area contributed by atoms with Gasteiger partial charge in [0.2, 0.25) is 5.91 Å². The quantitative estimate of drug-likeness (QED) is 0.944. The van der Waals surface area contributed by atoms with Crippen LogP contribution in [0, 0.1) is 11.6 Å². The SMILES string of the molecule is O=C(Cc1ccc(F)cc1)N1CCNCC1c1cccc(F)c1. The minimum Gasteiger partial charge on any atom is -0.333 e. The number of nitrogens with zero attached hydrogens (tertiary/aromatic N) is 1. The highest BCUT2D eigenvalue weighted by Crippen LogP contribution is 2.23. The third-order valence-corrected chi connectivity index (χ3v) is 4.07. The molecule has 1 fully saturated rings. The smallest absolute Gasteiger partial charge is 0.227 e. The number of hydrogen-bond acceptors (Lipinski definition) is 2. The largest absolute Gasteiger partial charge is 0.333 e. The highest BCUT2D eigenvalue weighted by molar-refractivity contribution is 5.79. The number of rotatable bonds is 3. The Morgan fingerprint density at radius 2 is 1.91 bits per heavy atom. The molecule has 5 heteroatoms. The maximum Gasteiger partial charge on any atom is 0.227 e. The zero-order chi connectivity index (χ0) is 16.2. The van der Waals surface area contributed by atoms with Crippen LogP contribution in [0.3, 0.4) is 0 Å². The van der Waals surface area contributed by atoms with E-state index in [1.807, 2.05) is 6.07 Å². The number of amides is 1. The van der Waals surface area contributed by atoms with Gasteiger partial charge in [-0.05, 0) is 35.4 Å². The van der Waals surface area contributed by atoms with Crippen LogP contribution in [-0.4, -0.2) is 30.4 Å². The summed E-state index contributed by atoms with van der Waals surface area (Å²) >= 11 is 0. The fraction of sp³-hybridized carbons (Fsp3) is 0.278. The van der Waals surface area contributed by atoms with Gasteiger partial charge in [-0.15, -0.1) is 0 Å². The van der Waals surface area contributed by atoms with Gasteiger partial charge in [0.1, 0.15) is 11.6 Å². The highest BCUT2D eigenvalue weighted by atomic mass is 19.1. The summed E-state index contributed by atoms with van der Waals surface area (Å²) in [6.07, 6.45) is 0.214. The van der Waals surface area contributed by atoms with E-state index in [1.54, 1.807) is 23.1 Å². The molecule has 2 aromatic rings. The van der Waals surface area contributed by atoms with E-state index >= 15 is 0 Å². The lowest BCUT2D eigenvalue weighted by molar-refractivity contribution is -0.133. The molecule has 0 aliphatic carbocycles. The van der Waals surface area contributed by atoms with E-state index in [-0.39, 0.29) is 30.0 Å². The Morgan fingerprint density at radius 3 is 2.65 bits per heavy atom. The number of halogens is 2. The minimum atomic E-state index is -0.319. The molecule has 1 aliphatic heterocycles. The van der Waals surface area contributed by atoms with E-state index in [2.05, 4.69) is 5.32 Å². The van der Waals surface area contributed by atoms with Crippen molar-refractivity contribution in [2.45, 2.75) is 12.5 Å². The molecule has 0 spiro atoms. The van der Waals surface area contributed by atoms with Gasteiger partial charge in [-0.3, -0.25) is 4.79 Å². The van der Waals surface area contributed by atoms with E-state index < -0.39 is 0 Å². The van der Waals surface area contributed by atoms with Crippen molar-refractivity contribution in [3.05, 3.63) is 71.3 Å². The normalized spacial score (nSPS) is 18.0. The van der Waals surface area contributed by atoms with Gasteiger partial charge in [0, 0.05) is 19.6 Å². The molecule has 3 nitrogen and oxygen atoms in total. The van der Waals surface area contributed by atoms with Gasteiger partial charge in [-0.25, -0.2) is 8.78 Å². The molecule has 1 saturated heterocycles. The summed E-state index contributed by atoms with van der Waals surface area (Å²) < 4.78 is 26.4. The lowest BCUT2D eigenvalue weighted by Crippen LogP contribution is -2.49. The fourth-order valence-electron chi connectivity index (χ4n) is 2.89. The van der Waals surface area contributed by atoms with Crippen molar-refractivity contribution >= 4 is 5.91 Å². The number of hydrogen-bond donors (Lipinski definition) is 1. The topological polar surface area (TPSA) is 32.3 Å². The molecule has 0 bridgehead atoms. The summed E-state index contributed by atoms with van der Waals surface area (Å²) in [5.74, 6) is -0.660. The van der Waals surface area contributed by atoms with Crippen LogP contribution in [0.5, 0.6) is 0 Å². The van der Waals surface area contributed by atoms with Crippen molar-refractivity contribution in [2.75, 3.05) is 19.6 Å². The first-order valence-electron chi connectivity index (χ1n) is 7.63. The number of nitrogens with one attached hydrogen (secondary N) is 1. The molecular formula is C18H18F2N2O. The van der Waals surface area contributed by atoms with E-state index in [9.17, 15) is 13.6 Å². The van der Waals surface area contributed by atoms with Crippen LogP contribution in [0.2, 0.25) is 0 Å². The average molecular weight is 316 g/mol. The minimum absolute atomic E-state index is 0.0348. The molecule has 1 amide bonds. The summed E-state index contributed by atoms with van der Waals surface area (Å²) in [6.45, 7) is 1.88. The molecule has 23 heavy (non-hydrogen) atoms. The third kappa shape index (κ3) is 3.74. The van der Waals surface area contributed by atoms with Gasteiger partial charge in [-0.2, -0.15) is 0 Å². The second kappa shape index (κ2) is 6.87. The molecule has 2 aromatic carbocycles. The van der Waals surface area contributed by atoms with Crippen molar-refractivity contribution in [1.82, 2.24) is 10.2 Å². The van der Waals surface area contributed by atoms with Crippen molar-refractivity contribution in [3.63, 3.8) is 0 Å². The summed E-state index contributed by atoms with van der Waals surface area (Å²) in [6, 6.07) is 12.1. The van der Waals surface area contributed by atoms with E-state index in [0.29, 0.717) is 19.6 Å². The fourth-order valence-corrected chi connectivity index (χ4v) is 2.89. The Bertz CT molecular complexity index is 688. The van der Waals surface area contributed by atoms with Crippen LogP contribution < -0.4 is 5.32 Å². The van der Waals surface area contributed by atoms with Gasteiger partial charge in [0.15, 0.2) is 0 Å². The Hall–Kier alpha value is -2.27. The summed E-state index contributed by atoms with van der Waals surface area (Å²) in [5, 5.41) is 3.24. The lowest BCUT2D eigenvalue weighted by Gasteiger charge is -2.36. The number of benzene rings is 2. The molecule has 1 N–H and O–H groups in total. The summed E-state index contributed by atoms with van der Waals surface area (Å²) in [4.78, 5) is 14.4. The standard InChI is InChI=1S/C18H18F2N2O/c19-15-6-4-13(5-7-15)10-18(23)22-9-8-21-12-17(22)14-2-1-3-16(20)11-14/h1-7,11,17,21H,8-10,12H2. The van der Waals surface area contributed by atoms with Crippen LogP contribution >= 0.6 is 0 Å². The second-order valence-electron chi connectivity index (χ2n) is 5.67. The third-order valence-electron chi connectivity index (χ3n) is 4.07. The van der Waals surface area contributed by atoms with Crippen LogP contribution in [0.15, 0.2) is 48.5 Å². The van der Waals surface area contributed by atoms with E-state index in [4.69, 9.17) is 0 Å². The predicted molar refractivity (Wildman–Crippen MR) is 83.8 cm³/mol. The first-order chi connectivity index (χ1) is 11.1. The van der Waals surface area contributed by atoms with E-state index in [1.165, 1.54) is 24.3 Å². The molecule has 1 atom stereocenters. The maximum atomic E-state index is 13.5. The number of carbonyl (C=O) groups excluding carboxylic acids is 1. The first kappa shape index (κ1) is 15.6. The van der Waals surface area contributed by atoms with Crippen LogP contribution in [0.25, 0.3) is 0 Å². The monoisotopic (exact) mass is 316 g/mol. The van der Waals surface area contributed by atoms with Crippen LogP contribution in [0.1, 0.15) is 17.2 Å². The molecule has 3 rings (SSSR count). The molecule has 120 valence electrons. The highest BCUT2D eigenvalue weighted by Gasteiger charge is 2.27. The zero-order valence-corrected chi connectivity index (χ0v) is 12.6. The molecule has 0 aromatic heterocycles. The van der Waals surface area contributed by atoms with E-state index in [0.717, 1.165) is 11.1 Å². The Labute approximate surface area is 133 Å². The van der Waals surface area contributed by atoms with Crippen molar-refractivity contribution in [2.24, 2.45) is 0 Å². The Morgan fingerprint density at radius 1 is 1.13 bits per heavy atom. The number of piperazine rings is 1. The molecule has 1 aliphatic rings. The van der Waals surface area contributed by atoms with Crippen LogP contribution in [-0.2, 0) is 11.2 Å². The van der Waals surface area contributed by atoms with Gasteiger partial charge >= 0.3 is 0 Å². The van der Waals surface area contributed by atoms with Gasteiger partial charge in [0.05, 0.1) is 12.5 Å². The zero-order valence-electron chi connectivity index (χ0n) is 12.6.